The molecule has 1 aliphatic rings. The lowest BCUT2D eigenvalue weighted by Gasteiger charge is -2.18. The van der Waals surface area contributed by atoms with E-state index in [9.17, 15) is 18.4 Å². The zero-order valence-electron chi connectivity index (χ0n) is 14.0. The van der Waals surface area contributed by atoms with Gasteiger partial charge in [0.05, 0.1) is 7.11 Å². The molecule has 132 valence electrons. The summed E-state index contributed by atoms with van der Waals surface area (Å²) in [6.07, 6.45) is 1.58. The van der Waals surface area contributed by atoms with Gasteiger partial charge >= 0.3 is 0 Å². The Kier molecular flexibility index (Phi) is 4.57. The standard InChI is InChI=1S/C18H18F2N2O3/c1-3-21-6-4-5-15(18(21)24)22-10-11(7-16(22)23)17-13(19)8-12(25-2)9-14(17)20/h4-6,8-9,11H,3,7,10H2,1-2H3. The number of rotatable bonds is 4. The van der Waals surface area contributed by atoms with E-state index in [0.29, 0.717) is 6.54 Å². The molecule has 1 fully saturated rings. The van der Waals surface area contributed by atoms with Crippen molar-refractivity contribution in [2.75, 3.05) is 18.6 Å². The van der Waals surface area contributed by atoms with Crippen molar-refractivity contribution in [3.05, 3.63) is 58.0 Å². The van der Waals surface area contributed by atoms with Gasteiger partial charge in [0.15, 0.2) is 0 Å². The van der Waals surface area contributed by atoms with Gasteiger partial charge in [-0.25, -0.2) is 8.78 Å². The summed E-state index contributed by atoms with van der Waals surface area (Å²) in [5.74, 6) is -2.42. The van der Waals surface area contributed by atoms with Crippen LogP contribution in [0.5, 0.6) is 5.75 Å². The molecule has 7 heteroatoms. The van der Waals surface area contributed by atoms with Gasteiger partial charge < -0.3 is 14.2 Å². The Hall–Kier alpha value is -2.70. The van der Waals surface area contributed by atoms with Gasteiger partial charge in [-0.2, -0.15) is 0 Å². The quantitative estimate of drug-likeness (QED) is 0.854. The number of pyridine rings is 1. The maximum absolute atomic E-state index is 14.3. The molecule has 0 saturated carbocycles. The number of nitrogens with zero attached hydrogens (tertiary/aromatic N) is 2. The third kappa shape index (κ3) is 3.01. The summed E-state index contributed by atoms with van der Waals surface area (Å²) >= 11 is 0. The molecule has 1 atom stereocenters. The van der Waals surface area contributed by atoms with Gasteiger partial charge in [0, 0.05) is 49.3 Å². The Morgan fingerprint density at radius 2 is 1.92 bits per heavy atom. The van der Waals surface area contributed by atoms with Crippen molar-refractivity contribution < 1.29 is 18.3 Å². The maximum atomic E-state index is 14.3. The zero-order valence-corrected chi connectivity index (χ0v) is 14.0. The third-order valence-corrected chi connectivity index (χ3v) is 4.45. The van der Waals surface area contributed by atoms with Crippen LogP contribution < -0.4 is 15.2 Å². The van der Waals surface area contributed by atoms with Gasteiger partial charge in [-0.1, -0.05) is 0 Å². The number of carbonyl (C=O) groups excluding carboxylic acids is 1. The van der Waals surface area contributed by atoms with Gasteiger partial charge in [0.25, 0.3) is 5.56 Å². The molecule has 1 aromatic heterocycles. The highest BCUT2D eigenvalue weighted by atomic mass is 19.1. The topological polar surface area (TPSA) is 51.5 Å². The van der Waals surface area contributed by atoms with Crippen molar-refractivity contribution in [3.8, 4) is 5.75 Å². The lowest BCUT2D eigenvalue weighted by atomic mass is 9.97. The molecule has 1 unspecified atom stereocenters. The number of anilines is 1. The fourth-order valence-corrected chi connectivity index (χ4v) is 3.18. The number of amides is 1. The minimum Gasteiger partial charge on any atom is -0.497 e. The summed E-state index contributed by atoms with van der Waals surface area (Å²) in [6.45, 7) is 2.35. The van der Waals surface area contributed by atoms with Gasteiger partial charge in [-0.05, 0) is 19.1 Å². The van der Waals surface area contributed by atoms with Crippen LogP contribution in [0.4, 0.5) is 14.5 Å². The molecule has 0 radical (unpaired) electrons. The predicted octanol–water partition coefficient (Wildman–Crippen LogP) is 2.68. The van der Waals surface area contributed by atoms with E-state index in [2.05, 4.69) is 0 Å². The molecule has 2 heterocycles. The molecule has 1 aromatic carbocycles. The minimum absolute atomic E-state index is 0.0549. The van der Waals surface area contributed by atoms with Crippen LogP contribution in [0.3, 0.4) is 0 Å². The molecule has 1 aliphatic heterocycles. The average molecular weight is 348 g/mol. The Balaban J connectivity index is 1.95. The molecule has 0 aliphatic carbocycles. The van der Waals surface area contributed by atoms with Gasteiger partial charge in [-0.15, -0.1) is 0 Å². The summed E-state index contributed by atoms with van der Waals surface area (Å²) in [5.41, 5.74) is -0.218. The molecule has 0 spiro atoms. The number of carbonyl (C=O) groups is 1. The lowest BCUT2D eigenvalue weighted by molar-refractivity contribution is -0.117. The number of aryl methyl sites for hydroxylation is 1. The van der Waals surface area contributed by atoms with Crippen LogP contribution >= 0.6 is 0 Å². The van der Waals surface area contributed by atoms with Crippen LogP contribution in [-0.2, 0) is 11.3 Å². The largest absolute Gasteiger partial charge is 0.497 e. The second kappa shape index (κ2) is 6.66. The highest BCUT2D eigenvalue weighted by Crippen LogP contribution is 2.35. The van der Waals surface area contributed by atoms with E-state index >= 15 is 0 Å². The number of hydrogen-bond donors (Lipinski definition) is 0. The molecule has 3 rings (SSSR count). The number of halogens is 2. The lowest BCUT2D eigenvalue weighted by Crippen LogP contribution is -2.32. The number of hydrogen-bond acceptors (Lipinski definition) is 3. The molecular weight excluding hydrogens is 330 g/mol. The van der Waals surface area contributed by atoms with Crippen molar-refractivity contribution in [2.45, 2.75) is 25.8 Å². The van der Waals surface area contributed by atoms with Crippen LogP contribution in [0.2, 0.25) is 0 Å². The first kappa shape index (κ1) is 17.1. The second-order valence-electron chi connectivity index (χ2n) is 5.89. The first-order chi connectivity index (χ1) is 12.0. The summed E-state index contributed by atoms with van der Waals surface area (Å²) in [7, 11) is 1.32. The van der Waals surface area contributed by atoms with E-state index in [1.165, 1.54) is 16.6 Å². The fraction of sp³-hybridized carbons (Fsp3) is 0.333. The van der Waals surface area contributed by atoms with E-state index in [0.717, 1.165) is 12.1 Å². The number of ether oxygens (including phenoxy) is 1. The van der Waals surface area contributed by atoms with Crippen molar-refractivity contribution >= 4 is 11.6 Å². The summed E-state index contributed by atoms with van der Waals surface area (Å²) < 4.78 is 34.9. The van der Waals surface area contributed by atoms with Crippen molar-refractivity contribution in [3.63, 3.8) is 0 Å². The Morgan fingerprint density at radius 1 is 1.24 bits per heavy atom. The average Bonchev–Trinajstić information content (AvgIpc) is 2.95. The third-order valence-electron chi connectivity index (χ3n) is 4.45. The van der Waals surface area contributed by atoms with Crippen LogP contribution in [0.25, 0.3) is 0 Å². The predicted molar refractivity (Wildman–Crippen MR) is 89.0 cm³/mol. The summed E-state index contributed by atoms with van der Waals surface area (Å²) in [5, 5.41) is 0. The second-order valence-corrected chi connectivity index (χ2v) is 5.89. The minimum atomic E-state index is -0.754. The molecule has 1 amide bonds. The number of benzene rings is 1. The van der Waals surface area contributed by atoms with Crippen LogP contribution in [0.1, 0.15) is 24.8 Å². The molecule has 2 aromatic rings. The van der Waals surface area contributed by atoms with Crippen LogP contribution in [0, 0.1) is 11.6 Å². The SMILES string of the molecule is CCn1cccc(N2CC(c3c(F)cc(OC)cc3F)CC2=O)c1=O. The highest BCUT2D eigenvalue weighted by molar-refractivity contribution is 5.96. The molecular formula is C18H18F2N2O3. The van der Waals surface area contributed by atoms with Gasteiger partial charge in [0.2, 0.25) is 5.91 Å². The van der Waals surface area contributed by atoms with E-state index < -0.39 is 17.6 Å². The summed E-state index contributed by atoms with van der Waals surface area (Å²) in [6, 6.07) is 5.42. The van der Waals surface area contributed by atoms with E-state index in [4.69, 9.17) is 4.74 Å². The van der Waals surface area contributed by atoms with E-state index in [1.54, 1.807) is 18.3 Å². The molecule has 0 bridgehead atoms. The van der Waals surface area contributed by atoms with Gasteiger partial charge in [-0.3, -0.25) is 9.59 Å². The molecule has 25 heavy (non-hydrogen) atoms. The highest BCUT2D eigenvalue weighted by Gasteiger charge is 2.36. The normalized spacial score (nSPS) is 17.2. The fourth-order valence-electron chi connectivity index (χ4n) is 3.18. The molecule has 5 nitrogen and oxygen atoms in total. The Bertz CT molecular complexity index is 856. The first-order valence-electron chi connectivity index (χ1n) is 7.99. The Labute approximate surface area is 143 Å². The van der Waals surface area contributed by atoms with Gasteiger partial charge in [0.1, 0.15) is 23.1 Å². The Morgan fingerprint density at radius 3 is 2.52 bits per heavy atom. The van der Waals surface area contributed by atoms with Crippen LogP contribution in [-0.4, -0.2) is 24.1 Å². The van der Waals surface area contributed by atoms with E-state index in [1.807, 2.05) is 6.92 Å². The van der Waals surface area contributed by atoms with Crippen LogP contribution in [0.15, 0.2) is 35.3 Å². The number of aromatic nitrogens is 1. The first-order valence-corrected chi connectivity index (χ1v) is 7.99. The monoisotopic (exact) mass is 348 g/mol. The molecule has 0 N–H and O–H groups in total. The number of methoxy groups -OCH3 is 1. The molecule has 1 saturated heterocycles. The smallest absolute Gasteiger partial charge is 0.274 e. The van der Waals surface area contributed by atoms with E-state index in [-0.39, 0.29) is 41.4 Å². The van der Waals surface area contributed by atoms with Crippen molar-refractivity contribution in [1.82, 2.24) is 4.57 Å². The zero-order chi connectivity index (χ0) is 18.1. The van der Waals surface area contributed by atoms with Crippen molar-refractivity contribution in [2.24, 2.45) is 0 Å². The maximum Gasteiger partial charge on any atom is 0.274 e. The summed E-state index contributed by atoms with van der Waals surface area (Å²) in [4.78, 5) is 26.1. The van der Waals surface area contributed by atoms with Crippen molar-refractivity contribution in [1.29, 1.82) is 0 Å².